The topological polar surface area (TPSA) is 137 Å². The Labute approximate surface area is 187 Å². The highest BCUT2D eigenvalue weighted by molar-refractivity contribution is 5.92. The summed E-state index contributed by atoms with van der Waals surface area (Å²) in [7, 11) is 1.28. The maximum atomic E-state index is 13.3. The van der Waals surface area contributed by atoms with Crippen LogP contribution in [0.3, 0.4) is 0 Å². The van der Waals surface area contributed by atoms with Gasteiger partial charge < -0.3 is 20.5 Å². The molecule has 1 unspecified atom stereocenters. The molecular weight excluding hydrogens is 416 g/mol. The number of phenolic OH excluding ortho intramolecular Hbond substituents is 1. The third kappa shape index (κ3) is 6.94. The van der Waals surface area contributed by atoms with Gasteiger partial charge in [-0.05, 0) is 36.5 Å². The van der Waals surface area contributed by atoms with Crippen molar-refractivity contribution in [1.29, 1.82) is 0 Å². The molecule has 0 spiro atoms. The number of phenols is 1. The molecule has 32 heavy (non-hydrogen) atoms. The predicted molar refractivity (Wildman–Crippen MR) is 116 cm³/mol. The number of carbonyl (C=O) groups is 4. The first-order valence-electron chi connectivity index (χ1n) is 10.6. The number of hydrogen-bond acceptors (Lipinski definition) is 7. The summed E-state index contributed by atoms with van der Waals surface area (Å²) in [5.41, 5.74) is 3.52. The smallest absolute Gasteiger partial charge is 0.324 e. The van der Waals surface area contributed by atoms with E-state index in [9.17, 15) is 24.3 Å². The fraction of sp³-hybridized carbons (Fsp3) is 0.545. The van der Waals surface area contributed by atoms with Crippen molar-refractivity contribution >= 4 is 23.7 Å². The molecule has 3 amide bonds. The van der Waals surface area contributed by atoms with Crippen LogP contribution < -0.4 is 16.1 Å². The van der Waals surface area contributed by atoms with Gasteiger partial charge in [-0.3, -0.25) is 24.2 Å². The lowest BCUT2D eigenvalue weighted by Gasteiger charge is -2.35. The fourth-order valence-electron chi connectivity index (χ4n) is 3.58. The molecule has 0 saturated carbocycles. The molecule has 3 atom stereocenters. The normalized spacial score (nSPS) is 17.9. The molecule has 0 radical (unpaired) electrons. The van der Waals surface area contributed by atoms with E-state index < -0.39 is 35.9 Å². The van der Waals surface area contributed by atoms with Gasteiger partial charge in [0.25, 0.3) is 5.91 Å². The lowest BCUT2D eigenvalue weighted by atomic mass is 10.0. The van der Waals surface area contributed by atoms with Gasteiger partial charge in [0, 0.05) is 19.9 Å². The van der Waals surface area contributed by atoms with Crippen LogP contribution in [0.4, 0.5) is 0 Å². The quantitative estimate of drug-likeness (QED) is 0.418. The molecule has 1 heterocycles. The average molecular weight is 449 g/mol. The van der Waals surface area contributed by atoms with Crippen LogP contribution in [0, 0.1) is 5.92 Å². The summed E-state index contributed by atoms with van der Waals surface area (Å²) in [4.78, 5) is 49.8. The van der Waals surface area contributed by atoms with Crippen molar-refractivity contribution < 1.29 is 29.0 Å². The van der Waals surface area contributed by atoms with E-state index in [4.69, 9.17) is 4.74 Å². The molecule has 0 aromatic heterocycles. The SMILES string of the molecule is COC(=O)[C@@H]1CCCN(C(=O)[C@H](Cc2cccc(O)c2)NC(=O)C(NC(C)=O)C(C)C)N1. The van der Waals surface area contributed by atoms with E-state index in [-0.39, 0.29) is 24.0 Å². The number of amides is 3. The number of benzene rings is 1. The molecular formula is C22H32N4O6. The third-order valence-corrected chi connectivity index (χ3v) is 5.21. The summed E-state index contributed by atoms with van der Waals surface area (Å²) in [6, 6.07) is 3.96. The minimum Gasteiger partial charge on any atom is -0.508 e. The number of ether oxygens (including phenoxy) is 1. The van der Waals surface area contributed by atoms with Gasteiger partial charge >= 0.3 is 5.97 Å². The van der Waals surface area contributed by atoms with Gasteiger partial charge in [0.1, 0.15) is 23.9 Å². The summed E-state index contributed by atoms with van der Waals surface area (Å²) in [6.07, 6.45) is 1.23. The number of hydrogen-bond donors (Lipinski definition) is 4. The van der Waals surface area contributed by atoms with Gasteiger partial charge in [0.2, 0.25) is 11.8 Å². The second-order valence-corrected chi connectivity index (χ2v) is 8.19. The van der Waals surface area contributed by atoms with Gasteiger partial charge in [0.05, 0.1) is 7.11 Å². The molecule has 1 saturated heterocycles. The number of nitrogens with zero attached hydrogens (tertiary/aromatic N) is 1. The Hall–Kier alpha value is -3.14. The van der Waals surface area contributed by atoms with E-state index in [2.05, 4.69) is 16.1 Å². The Morgan fingerprint density at radius 1 is 1.25 bits per heavy atom. The molecule has 1 aromatic carbocycles. The predicted octanol–water partition coefficient (Wildman–Crippen LogP) is 0.249. The van der Waals surface area contributed by atoms with Crippen LogP contribution in [-0.4, -0.2) is 65.6 Å². The van der Waals surface area contributed by atoms with E-state index in [0.29, 0.717) is 24.9 Å². The van der Waals surface area contributed by atoms with Crippen LogP contribution in [0.5, 0.6) is 5.75 Å². The highest BCUT2D eigenvalue weighted by Gasteiger charge is 2.34. The Kier molecular flexibility index (Phi) is 9.01. The monoisotopic (exact) mass is 448 g/mol. The molecule has 1 fully saturated rings. The van der Waals surface area contributed by atoms with Crippen LogP contribution in [0.15, 0.2) is 24.3 Å². The highest BCUT2D eigenvalue weighted by atomic mass is 16.5. The molecule has 4 N–H and O–H groups in total. The summed E-state index contributed by atoms with van der Waals surface area (Å²) in [5.74, 6) is -1.90. The van der Waals surface area contributed by atoms with Gasteiger partial charge in [-0.2, -0.15) is 0 Å². The second-order valence-electron chi connectivity index (χ2n) is 8.19. The van der Waals surface area contributed by atoms with E-state index >= 15 is 0 Å². The largest absolute Gasteiger partial charge is 0.508 e. The summed E-state index contributed by atoms with van der Waals surface area (Å²) in [6.45, 7) is 5.26. The third-order valence-electron chi connectivity index (χ3n) is 5.21. The second kappa shape index (κ2) is 11.5. The molecule has 10 nitrogen and oxygen atoms in total. The number of aromatic hydroxyl groups is 1. The van der Waals surface area contributed by atoms with Crippen molar-refractivity contribution in [3.8, 4) is 5.75 Å². The Bertz CT molecular complexity index is 843. The van der Waals surface area contributed by atoms with Gasteiger partial charge in [-0.25, -0.2) is 5.43 Å². The minimum absolute atomic E-state index is 0.0418. The van der Waals surface area contributed by atoms with Crippen LogP contribution in [0.2, 0.25) is 0 Å². The van der Waals surface area contributed by atoms with Crippen molar-refractivity contribution in [2.75, 3.05) is 13.7 Å². The van der Waals surface area contributed by atoms with E-state index in [0.717, 1.165) is 0 Å². The molecule has 10 heteroatoms. The summed E-state index contributed by atoms with van der Waals surface area (Å²) in [5, 5.41) is 16.5. The first-order chi connectivity index (χ1) is 15.1. The molecule has 1 aliphatic heterocycles. The van der Waals surface area contributed by atoms with Crippen LogP contribution >= 0.6 is 0 Å². The number of rotatable bonds is 8. The molecule has 0 aliphatic carbocycles. The highest BCUT2D eigenvalue weighted by Crippen LogP contribution is 2.16. The number of methoxy groups -OCH3 is 1. The van der Waals surface area contributed by atoms with Crippen LogP contribution in [-0.2, 0) is 30.3 Å². The number of esters is 1. The number of nitrogens with one attached hydrogen (secondary N) is 3. The Morgan fingerprint density at radius 3 is 2.56 bits per heavy atom. The molecule has 1 aliphatic rings. The number of carbonyl (C=O) groups excluding carboxylic acids is 4. The summed E-state index contributed by atoms with van der Waals surface area (Å²) >= 11 is 0. The molecule has 0 bridgehead atoms. The van der Waals surface area contributed by atoms with E-state index in [1.807, 2.05) is 0 Å². The van der Waals surface area contributed by atoms with Gasteiger partial charge in [-0.1, -0.05) is 26.0 Å². The Balaban J connectivity index is 2.25. The van der Waals surface area contributed by atoms with Crippen LogP contribution in [0.1, 0.15) is 39.2 Å². The zero-order valence-corrected chi connectivity index (χ0v) is 18.9. The van der Waals surface area contributed by atoms with E-state index in [1.165, 1.54) is 31.2 Å². The van der Waals surface area contributed by atoms with Crippen molar-refractivity contribution in [2.24, 2.45) is 5.92 Å². The molecule has 176 valence electrons. The maximum Gasteiger partial charge on any atom is 0.324 e. The minimum atomic E-state index is -0.983. The summed E-state index contributed by atoms with van der Waals surface area (Å²) < 4.78 is 4.77. The van der Waals surface area contributed by atoms with Crippen molar-refractivity contribution in [2.45, 2.75) is 58.2 Å². The fourth-order valence-corrected chi connectivity index (χ4v) is 3.58. The lowest BCUT2D eigenvalue weighted by Crippen LogP contribution is -2.62. The lowest BCUT2D eigenvalue weighted by molar-refractivity contribution is -0.151. The van der Waals surface area contributed by atoms with E-state index in [1.54, 1.807) is 26.0 Å². The zero-order chi connectivity index (χ0) is 23.8. The first-order valence-corrected chi connectivity index (χ1v) is 10.6. The standard InChI is InChI=1S/C22H32N4O6/c1-13(2)19(23-14(3)27)20(29)24-18(12-15-7-5-8-16(28)11-15)21(30)26-10-6-9-17(25-26)22(31)32-4/h5,7-8,11,13,17-19,25,28H,6,9-10,12H2,1-4H3,(H,23,27)(H,24,29)/t17-,18-,19?/m0/s1. The maximum absolute atomic E-state index is 13.3. The molecule has 2 rings (SSSR count). The van der Waals surface area contributed by atoms with Crippen molar-refractivity contribution in [3.63, 3.8) is 0 Å². The Morgan fingerprint density at radius 2 is 1.97 bits per heavy atom. The van der Waals surface area contributed by atoms with Gasteiger partial charge in [-0.15, -0.1) is 0 Å². The van der Waals surface area contributed by atoms with Gasteiger partial charge in [0.15, 0.2) is 0 Å². The molecule has 1 aromatic rings. The van der Waals surface area contributed by atoms with Crippen molar-refractivity contribution in [3.05, 3.63) is 29.8 Å². The van der Waals surface area contributed by atoms with Crippen molar-refractivity contribution in [1.82, 2.24) is 21.1 Å². The zero-order valence-electron chi connectivity index (χ0n) is 18.9. The van der Waals surface area contributed by atoms with Crippen LogP contribution in [0.25, 0.3) is 0 Å². The average Bonchev–Trinajstić information content (AvgIpc) is 2.75. The number of hydrazine groups is 1. The first kappa shape index (κ1) is 25.1.